The zero-order valence-corrected chi connectivity index (χ0v) is 10.9. The molecule has 1 aliphatic heterocycles. The van der Waals surface area contributed by atoms with Crippen LogP contribution in [0.3, 0.4) is 0 Å². The van der Waals surface area contributed by atoms with E-state index in [0.717, 1.165) is 25.1 Å². The van der Waals surface area contributed by atoms with Crippen LogP contribution in [-0.2, 0) is 0 Å². The van der Waals surface area contributed by atoms with Gasteiger partial charge < -0.3 is 16.0 Å². The molecule has 5 heteroatoms. The van der Waals surface area contributed by atoms with E-state index in [1.807, 2.05) is 18.2 Å². The average Bonchev–Trinajstić information content (AvgIpc) is 2.94. The summed E-state index contributed by atoms with van der Waals surface area (Å²) in [6, 6.07) is 10.2. The second kappa shape index (κ2) is 6.54. The maximum absolute atomic E-state index is 9.25. The molecule has 0 aromatic heterocycles. The number of hydrogen-bond donors (Lipinski definition) is 3. The summed E-state index contributed by atoms with van der Waals surface area (Å²) in [5.74, 6) is 0.569. The third kappa shape index (κ3) is 3.45. The van der Waals surface area contributed by atoms with E-state index >= 15 is 0 Å². The maximum atomic E-state index is 9.25. The molecule has 0 spiro atoms. The van der Waals surface area contributed by atoms with Crippen LogP contribution in [0, 0.1) is 5.92 Å². The van der Waals surface area contributed by atoms with E-state index < -0.39 is 0 Å². The Kier molecular flexibility index (Phi) is 4.76. The van der Waals surface area contributed by atoms with Gasteiger partial charge in [0, 0.05) is 25.6 Å². The summed E-state index contributed by atoms with van der Waals surface area (Å²) < 4.78 is 0. The molecule has 1 fully saturated rings. The van der Waals surface area contributed by atoms with Crippen molar-refractivity contribution < 1.29 is 10.3 Å². The van der Waals surface area contributed by atoms with Gasteiger partial charge in [0.15, 0.2) is 0 Å². The molecule has 2 unspecified atom stereocenters. The summed E-state index contributed by atoms with van der Waals surface area (Å²) in [5, 5.41) is 21.1. The summed E-state index contributed by atoms with van der Waals surface area (Å²) >= 11 is 0. The van der Waals surface area contributed by atoms with Crippen LogP contribution in [0.1, 0.15) is 24.4 Å². The molecule has 2 atom stereocenters. The molecule has 0 bridgehead atoms. The fourth-order valence-corrected chi connectivity index (χ4v) is 2.67. The first-order chi connectivity index (χ1) is 9.24. The van der Waals surface area contributed by atoms with Crippen LogP contribution in [0.5, 0.6) is 0 Å². The van der Waals surface area contributed by atoms with Crippen molar-refractivity contribution in [1.29, 1.82) is 0 Å². The maximum Gasteiger partial charge on any atom is 0.141 e. The normalized spacial score (nSPS) is 22.6. The fraction of sp³-hybridized carbons (Fsp3) is 0.500. The Hall–Kier alpha value is -1.59. The highest BCUT2D eigenvalue weighted by Crippen LogP contribution is 2.29. The van der Waals surface area contributed by atoms with Crippen molar-refractivity contribution in [3.63, 3.8) is 0 Å². The quantitative estimate of drug-likeness (QED) is 0.322. The first kappa shape index (κ1) is 13.8. The summed E-state index contributed by atoms with van der Waals surface area (Å²) in [6.45, 7) is 2.01. The van der Waals surface area contributed by atoms with Crippen LogP contribution in [0.4, 0.5) is 0 Å². The number of aliphatic hydroxyl groups is 1. The van der Waals surface area contributed by atoms with E-state index in [0.29, 0.717) is 12.3 Å². The molecule has 1 saturated heterocycles. The molecule has 1 aromatic carbocycles. The lowest BCUT2D eigenvalue weighted by molar-refractivity contribution is 0.199. The lowest BCUT2D eigenvalue weighted by atomic mass is 10.0. The summed E-state index contributed by atoms with van der Waals surface area (Å²) in [7, 11) is 0. The van der Waals surface area contributed by atoms with Crippen molar-refractivity contribution in [3.05, 3.63) is 35.9 Å². The Morgan fingerprint density at radius 3 is 2.74 bits per heavy atom. The van der Waals surface area contributed by atoms with Crippen LogP contribution in [0.25, 0.3) is 0 Å². The van der Waals surface area contributed by atoms with Crippen LogP contribution in [0.15, 0.2) is 35.5 Å². The molecule has 0 radical (unpaired) electrons. The lowest BCUT2D eigenvalue weighted by Gasteiger charge is -2.28. The Bertz CT molecular complexity index is 422. The van der Waals surface area contributed by atoms with Gasteiger partial charge in [-0.1, -0.05) is 35.5 Å². The van der Waals surface area contributed by atoms with Crippen molar-refractivity contribution >= 4 is 5.84 Å². The van der Waals surface area contributed by atoms with Crippen molar-refractivity contribution in [1.82, 2.24) is 4.90 Å². The fourth-order valence-electron chi connectivity index (χ4n) is 2.67. The second-order valence-electron chi connectivity index (χ2n) is 5.05. The van der Waals surface area contributed by atoms with E-state index in [-0.39, 0.29) is 18.5 Å². The van der Waals surface area contributed by atoms with Gasteiger partial charge in [-0.15, -0.1) is 0 Å². The molecule has 1 heterocycles. The van der Waals surface area contributed by atoms with Crippen LogP contribution in [-0.4, -0.2) is 40.7 Å². The molecular weight excluding hydrogens is 242 g/mol. The Balaban J connectivity index is 2.15. The number of nitrogens with zero attached hydrogens (tertiary/aromatic N) is 2. The SMILES string of the molecule is N/C(CC(c1ccccc1)N1CCC(CO)C1)=N/O. The third-order valence-electron chi connectivity index (χ3n) is 3.73. The van der Waals surface area contributed by atoms with E-state index in [1.165, 1.54) is 0 Å². The number of aliphatic hydroxyl groups excluding tert-OH is 1. The zero-order valence-electron chi connectivity index (χ0n) is 10.9. The highest BCUT2D eigenvalue weighted by molar-refractivity contribution is 5.80. The van der Waals surface area contributed by atoms with Gasteiger partial charge in [-0.3, -0.25) is 4.90 Å². The van der Waals surface area contributed by atoms with Gasteiger partial charge in [0.2, 0.25) is 0 Å². The zero-order chi connectivity index (χ0) is 13.7. The van der Waals surface area contributed by atoms with Crippen molar-refractivity contribution in [2.24, 2.45) is 16.8 Å². The molecule has 104 valence electrons. The minimum Gasteiger partial charge on any atom is -0.409 e. The van der Waals surface area contributed by atoms with Crippen molar-refractivity contribution in [2.75, 3.05) is 19.7 Å². The highest BCUT2D eigenvalue weighted by atomic mass is 16.4. The van der Waals surface area contributed by atoms with E-state index in [2.05, 4.69) is 22.2 Å². The van der Waals surface area contributed by atoms with Gasteiger partial charge in [-0.05, 0) is 24.4 Å². The standard InChI is InChI=1S/C14H21N3O2/c15-14(16-19)8-13(12-4-2-1-3-5-12)17-7-6-11(9-17)10-18/h1-5,11,13,18-19H,6-10H2,(H2,15,16). The molecule has 4 N–H and O–H groups in total. The highest BCUT2D eigenvalue weighted by Gasteiger charge is 2.29. The Morgan fingerprint density at radius 2 is 2.16 bits per heavy atom. The van der Waals surface area contributed by atoms with Gasteiger partial charge in [-0.2, -0.15) is 0 Å². The minimum atomic E-state index is 0.105. The number of likely N-dealkylation sites (tertiary alicyclic amines) is 1. The van der Waals surface area contributed by atoms with Gasteiger partial charge in [0.1, 0.15) is 5.84 Å². The smallest absolute Gasteiger partial charge is 0.141 e. The Labute approximate surface area is 113 Å². The van der Waals surface area contributed by atoms with Crippen LogP contribution >= 0.6 is 0 Å². The van der Waals surface area contributed by atoms with E-state index in [4.69, 9.17) is 10.9 Å². The number of hydrogen-bond acceptors (Lipinski definition) is 4. The number of oxime groups is 1. The molecule has 1 aliphatic rings. The summed E-state index contributed by atoms with van der Waals surface area (Å²) in [6.07, 6.45) is 1.49. The molecule has 0 aliphatic carbocycles. The van der Waals surface area contributed by atoms with Crippen LogP contribution in [0.2, 0.25) is 0 Å². The van der Waals surface area contributed by atoms with E-state index in [1.54, 1.807) is 0 Å². The summed E-state index contributed by atoms with van der Waals surface area (Å²) in [5.41, 5.74) is 6.83. The molecule has 0 saturated carbocycles. The topological polar surface area (TPSA) is 82.1 Å². The van der Waals surface area contributed by atoms with Gasteiger partial charge in [0.05, 0.1) is 0 Å². The first-order valence-electron chi connectivity index (χ1n) is 6.61. The number of rotatable bonds is 5. The van der Waals surface area contributed by atoms with Gasteiger partial charge in [-0.25, -0.2) is 0 Å². The largest absolute Gasteiger partial charge is 0.409 e. The molecule has 0 amide bonds. The molecule has 5 nitrogen and oxygen atoms in total. The lowest BCUT2D eigenvalue weighted by Crippen LogP contribution is -2.31. The van der Waals surface area contributed by atoms with Crippen molar-refractivity contribution in [2.45, 2.75) is 18.9 Å². The number of benzene rings is 1. The first-order valence-corrected chi connectivity index (χ1v) is 6.61. The minimum absolute atomic E-state index is 0.105. The number of amidine groups is 1. The van der Waals surface area contributed by atoms with Crippen molar-refractivity contribution in [3.8, 4) is 0 Å². The van der Waals surface area contributed by atoms with Gasteiger partial charge >= 0.3 is 0 Å². The Morgan fingerprint density at radius 1 is 1.42 bits per heavy atom. The predicted molar refractivity (Wildman–Crippen MR) is 74.0 cm³/mol. The average molecular weight is 263 g/mol. The molecule has 19 heavy (non-hydrogen) atoms. The second-order valence-corrected chi connectivity index (χ2v) is 5.05. The molecule has 1 aromatic rings. The molecular formula is C14H21N3O2. The van der Waals surface area contributed by atoms with Gasteiger partial charge in [0.25, 0.3) is 0 Å². The monoisotopic (exact) mass is 263 g/mol. The third-order valence-corrected chi connectivity index (χ3v) is 3.73. The predicted octanol–water partition coefficient (Wildman–Crippen LogP) is 1.18. The summed E-state index contributed by atoms with van der Waals surface area (Å²) in [4.78, 5) is 2.30. The van der Waals surface area contributed by atoms with E-state index in [9.17, 15) is 5.11 Å². The van der Waals surface area contributed by atoms with Crippen LogP contribution < -0.4 is 5.73 Å². The molecule has 2 rings (SSSR count). The number of nitrogens with two attached hydrogens (primary N) is 1.